The second kappa shape index (κ2) is 8.90. The number of alkyl carbamates (subject to hydrolysis) is 1. The minimum Gasteiger partial charge on any atom is -0.450 e. The molecule has 0 bridgehead atoms. The number of nitrogens with one attached hydrogen (secondary N) is 2. The van der Waals surface area contributed by atoms with Crippen LogP contribution in [0.5, 0.6) is 0 Å². The molecule has 0 heterocycles. The Morgan fingerprint density at radius 2 is 2.00 bits per heavy atom. The molecule has 1 amide bonds. The van der Waals surface area contributed by atoms with Gasteiger partial charge in [-0.2, -0.15) is 5.48 Å². The Morgan fingerprint density at radius 3 is 2.56 bits per heavy atom. The van der Waals surface area contributed by atoms with E-state index >= 15 is 0 Å². The molecule has 0 spiro atoms. The molecule has 6 nitrogen and oxygen atoms in total. The largest absolute Gasteiger partial charge is 0.450 e. The van der Waals surface area contributed by atoms with Crippen LogP contribution in [0.1, 0.15) is 33.1 Å². The minimum absolute atomic E-state index is 0.108. The lowest BCUT2D eigenvalue weighted by atomic mass is 10.3. The third-order valence-electron chi connectivity index (χ3n) is 1.48. The highest BCUT2D eigenvalue weighted by atomic mass is 32.1. The Kier molecular flexibility index (Phi) is 8.14. The van der Waals surface area contributed by atoms with Crippen molar-refractivity contribution in [3.8, 4) is 0 Å². The fraction of sp³-hybridized carbons (Fsp3) is 0.667. The molecule has 0 rings (SSSR count). The van der Waals surface area contributed by atoms with Gasteiger partial charge in [0.15, 0.2) is 0 Å². The van der Waals surface area contributed by atoms with Gasteiger partial charge in [-0.15, -0.1) is 0 Å². The second-order valence-electron chi connectivity index (χ2n) is 2.85. The van der Waals surface area contributed by atoms with Gasteiger partial charge in [-0.25, -0.2) is 9.59 Å². The maximum Gasteiger partial charge on any atom is 0.413 e. The first-order valence-electron chi connectivity index (χ1n) is 5.03. The number of unbranched alkanes of at least 4 members (excludes halogenated alkanes) is 1. The first kappa shape index (κ1) is 14.6. The van der Waals surface area contributed by atoms with Gasteiger partial charge in [0.25, 0.3) is 0 Å². The highest BCUT2D eigenvalue weighted by Crippen LogP contribution is 1.94. The van der Waals surface area contributed by atoms with Crippen molar-refractivity contribution in [1.29, 1.82) is 0 Å². The summed E-state index contributed by atoms with van der Waals surface area (Å²) in [5.41, 5.74) is 2.15. The van der Waals surface area contributed by atoms with Crippen molar-refractivity contribution in [3.63, 3.8) is 0 Å². The summed E-state index contributed by atoms with van der Waals surface area (Å²) < 4.78 is 4.57. The molecule has 7 heteroatoms. The number of ether oxygens (including phenoxy) is 1. The number of rotatable bonds is 4. The van der Waals surface area contributed by atoms with Crippen LogP contribution >= 0.6 is 12.2 Å². The first-order chi connectivity index (χ1) is 7.60. The van der Waals surface area contributed by atoms with Crippen molar-refractivity contribution in [2.45, 2.75) is 33.1 Å². The summed E-state index contributed by atoms with van der Waals surface area (Å²) in [4.78, 5) is 26.5. The summed E-state index contributed by atoms with van der Waals surface area (Å²) in [5, 5.41) is 2.07. The molecule has 0 aromatic carbocycles. The molecule has 0 aromatic rings. The number of hydrogen-bond acceptors (Lipinski definition) is 5. The number of amides is 1. The van der Waals surface area contributed by atoms with E-state index in [-0.39, 0.29) is 11.7 Å². The standard InChI is InChI=1S/C9H16N2O4S/c1-3-5-6-7(12)15-11-8(16)10-9(13)14-4-2/h3-6H2,1-2H3,(H2,10,11,13,16). The van der Waals surface area contributed by atoms with Gasteiger partial charge in [0.05, 0.1) is 6.61 Å². The number of carbonyl (C=O) groups excluding carboxylic acids is 2. The van der Waals surface area contributed by atoms with Gasteiger partial charge in [-0.3, -0.25) is 5.32 Å². The zero-order valence-electron chi connectivity index (χ0n) is 9.37. The summed E-state index contributed by atoms with van der Waals surface area (Å²) in [6.45, 7) is 3.87. The zero-order valence-corrected chi connectivity index (χ0v) is 10.2. The van der Waals surface area contributed by atoms with Crippen LogP contribution < -0.4 is 10.8 Å². The lowest BCUT2D eigenvalue weighted by molar-refractivity contribution is -0.147. The molecule has 0 aliphatic heterocycles. The molecule has 92 valence electrons. The van der Waals surface area contributed by atoms with E-state index in [1.54, 1.807) is 6.92 Å². The SMILES string of the molecule is CCCCC(=O)ONC(=S)NC(=O)OCC. The Hall–Kier alpha value is -1.37. The van der Waals surface area contributed by atoms with Gasteiger partial charge < -0.3 is 9.57 Å². The Bertz CT molecular complexity index is 258. The smallest absolute Gasteiger partial charge is 0.413 e. The maximum absolute atomic E-state index is 11.0. The normalized spacial score (nSPS) is 9.12. The number of hydrogen-bond donors (Lipinski definition) is 2. The summed E-state index contributed by atoms with van der Waals surface area (Å²) >= 11 is 4.68. The molecule has 0 aliphatic carbocycles. The van der Waals surface area contributed by atoms with Crippen molar-refractivity contribution in [2.24, 2.45) is 0 Å². The van der Waals surface area contributed by atoms with Crippen LogP contribution in [0.15, 0.2) is 0 Å². The molecule has 2 N–H and O–H groups in total. The summed E-state index contributed by atoms with van der Waals surface area (Å²) in [5.74, 6) is -0.421. The van der Waals surface area contributed by atoms with Crippen LogP contribution in [0.3, 0.4) is 0 Å². The summed E-state index contributed by atoms with van der Waals surface area (Å²) in [6, 6.07) is 0. The van der Waals surface area contributed by atoms with E-state index in [4.69, 9.17) is 0 Å². The predicted octanol–water partition coefficient (Wildman–Crippen LogP) is 1.26. The van der Waals surface area contributed by atoms with Gasteiger partial charge >= 0.3 is 12.1 Å². The Labute approximate surface area is 99.6 Å². The van der Waals surface area contributed by atoms with Gasteiger partial charge in [0, 0.05) is 6.42 Å². The van der Waals surface area contributed by atoms with Crippen molar-refractivity contribution >= 4 is 29.4 Å². The molecular weight excluding hydrogens is 232 g/mol. The van der Waals surface area contributed by atoms with Crippen LogP contribution in [-0.4, -0.2) is 23.8 Å². The van der Waals surface area contributed by atoms with Crippen LogP contribution in [0.25, 0.3) is 0 Å². The van der Waals surface area contributed by atoms with Crippen molar-refractivity contribution in [2.75, 3.05) is 6.61 Å². The quantitative estimate of drug-likeness (QED) is 0.576. The molecule has 0 atom stereocenters. The zero-order chi connectivity index (χ0) is 12.4. The van der Waals surface area contributed by atoms with Gasteiger partial charge in [-0.1, -0.05) is 13.3 Å². The Morgan fingerprint density at radius 1 is 1.31 bits per heavy atom. The van der Waals surface area contributed by atoms with Crippen LogP contribution in [-0.2, 0) is 14.4 Å². The van der Waals surface area contributed by atoms with E-state index < -0.39 is 12.1 Å². The molecule has 16 heavy (non-hydrogen) atoms. The minimum atomic E-state index is -0.690. The average molecular weight is 248 g/mol. The van der Waals surface area contributed by atoms with Gasteiger partial charge in [-0.05, 0) is 25.6 Å². The second-order valence-corrected chi connectivity index (χ2v) is 3.26. The van der Waals surface area contributed by atoms with E-state index in [9.17, 15) is 9.59 Å². The fourth-order valence-corrected chi connectivity index (χ4v) is 0.886. The molecule has 0 unspecified atom stereocenters. The Balaban J connectivity index is 3.64. The van der Waals surface area contributed by atoms with Gasteiger partial charge in [0.2, 0.25) is 5.11 Å². The van der Waals surface area contributed by atoms with Crippen LogP contribution in [0.4, 0.5) is 4.79 Å². The number of thiocarbonyl (C=S) groups is 1. The van der Waals surface area contributed by atoms with E-state index in [2.05, 4.69) is 32.6 Å². The van der Waals surface area contributed by atoms with Crippen molar-refractivity contribution in [3.05, 3.63) is 0 Å². The van der Waals surface area contributed by atoms with Crippen molar-refractivity contribution < 1.29 is 19.2 Å². The summed E-state index contributed by atoms with van der Waals surface area (Å²) in [6.07, 6.45) is 1.27. The number of carbonyl (C=O) groups is 2. The van der Waals surface area contributed by atoms with Crippen LogP contribution in [0, 0.1) is 0 Å². The fourth-order valence-electron chi connectivity index (χ4n) is 0.761. The van der Waals surface area contributed by atoms with Crippen LogP contribution in [0.2, 0.25) is 0 Å². The predicted molar refractivity (Wildman–Crippen MR) is 61.5 cm³/mol. The van der Waals surface area contributed by atoms with E-state index in [0.29, 0.717) is 6.42 Å². The third-order valence-corrected chi connectivity index (χ3v) is 1.67. The van der Waals surface area contributed by atoms with E-state index in [1.807, 2.05) is 6.92 Å². The molecule has 0 saturated heterocycles. The van der Waals surface area contributed by atoms with Gasteiger partial charge in [0.1, 0.15) is 0 Å². The highest BCUT2D eigenvalue weighted by molar-refractivity contribution is 7.80. The van der Waals surface area contributed by atoms with E-state index in [0.717, 1.165) is 12.8 Å². The highest BCUT2D eigenvalue weighted by Gasteiger charge is 2.06. The lowest BCUT2D eigenvalue weighted by Gasteiger charge is -2.08. The molecular formula is C9H16N2O4S. The first-order valence-corrected chi connectivity index (χ1v) is 5.44. The summed E-state index contributed by atoms with van der Waals surface area (Å²) in [7, 11) is 0. The monoisotopic (exact) mass is 248 g/mol. The number of hydroxylamine groups is 1. The van der Waals surface area contributed by atoms with E-state index in [1.165, 1.54) is 0 Å². The molecule has 0 saturated carbocycles. The molecule has 0 aliphatic rings. The molecule has 0 fully saturated rings. The molecule has 0 aromatic heterocycles. The molecule has 0 radical (unpaired) electrons. The lowest BCUT2D eigenvalue weighted by Crippen LogP contribution is -2.40. The topological polar surface area (TPSA) is 76.7 Å². The third kappa shape index (κ3) is 7.98. The van der Waals surface area contributed by atoms with Crippen molar-refractivity contribution in [1.82, 2.24) is 10.8 Å². The maximum atomic E-state index is 11.0. The average Bonchev–Trinajstić information content (AvgIpc) is 2.23.